The molecule has 5 nitrogen and oxygen atoms in total. The van der Waals surface area contributed by atoms with Crippen LogP contribution in [0.25, 0.3) is 0 Å². The molecule has 1 unspecified atom stereocenters. The van der Waals surface area contributed by atoms with E-state index in [1.807, 2.05) is 25.8 Å². The Morgan fingerprint density at radius 2 is 2.25 bits per heavy atom. The van der Waals surface area contributed by atoms with Crippen molar-refractivity contribution in [1.29, 1.82) is 5.26 Å². The van der Waals surface area contributed by atoms with Crippen molar-refractivity contribution >= 4 is 11.6 Å². The molecule has 1 rings (SSSR count). The first-order valence-corrected chi connectivity index (χ1v) is 5.30. The monoisotopic (exact) mass is 219 g/mol. The molecule has 0 aliphatic rings. The molecule has 1 heterocycles. The number of nitriles is 1. The van der Waals surface area contributed by atoms with Crippen molar-refractivity contribution in [1.82, 2.24) is 9.97 Å². The molecule has 1 aromatic rings. The fourth-order valence-corrected chi connectivity index (χ4v) is 1.62. The van der Waals surface area contributed by atoms with E-state index in [-0.39, 0.29) is 5.92 Å². The van der Waals surface area contributed by atoms with Gasteiger partial charge in [0.05, 0.1) is 12.0 Å². The van der Waals surface area contributed by atoms with Gasteiger partial charge < -0.3 is 10.6 Å². The molecule has 2 N–H and O–H groups in total. The Labute approximate surface area is 95.9 Å². The summed E-state index contributed by atoms with van der Waals surface area (Å²) in [6.07, 6.45) is 2.24. The maximum absolute atomic E-state index is 8.78. The molecule has 1 aromatic heterocycles. The largest absolute Gasteiger partial charge is 0.383 e. The first-order chi connectivity index (χ1) is 7.60. The van der Waals surface area contributed by atoms with Crippen LogP contribution in [0.2, 0.25) is 0 Å². The first-order valence-electron chi connectivity index (χ1n) is 5.30. The quantitative estimate of drug-likeness (QED) is 0.823. The van der Waals surface area contributed by atoms with Gasteiger partial charge in [-0.3, -0.25) is 0 Å². The van der Waals surface area contributed by atoms with E-state index >= 15 is 0 Å². The van der Waals surface area contributed by atoms with Crippen LogP contribution in [0.1, 0.15) is 19.4 Å². The van der Waals surface area contributed by atoms with E-state index < -0.39 is 0 Å². The fourth-order valence-electron chi connectivity index (χ4n) is 1.62. The summed E-state index contributed by atoms with van der Waals surface area (Å²) in [6.45, 7) is 4.53. The second-order valence-corrected chi connectivity index (χ2v) is 3.83. The Bertz CT molecular complexity index is 396. The lowest BCUT2D eigenvalue weighted by Crippen LogP contribution is -2.25. The zero-order valence-electron chi connectivity index (χ0n) is 9.94. The third kappa shape index (κ3) is 2.60. The standard InChI is InChI=1S/C11H17N5/c1-4-9-10(13)14-7-15-11(9)16(3)6-8(2)5-12/h7-8H,4,6H2,1-3H3,(H2,13,14,15). The van der Waals surface area contributed by atoms with E-state index in [1.54, 1.807) is 0 Å². The second-order valence-electron chi connectivity index (χ2n) is 3.83. The summed E-state index contributed by atoms with van der Waals surface area (Å²) in [5, 5.41) is 8.78. The minimum atomic E-state index is -0.0362. The van der Waals surface area contributed by atoms with Crippen molar-refractivity contribution in [3.63, 3.8) is 0 Å². The van der Waals surface area contributed by atoms with Gasteiger partial charge in [0.25, 0.3) is 0 Å². The molecule has 0 aromatic carbocycles. The highest BCUT2D eigenvalue weighted by Crippen LogP contribution is 2.21. The molecule has 0 aliphatic heterocycles. The molecular weight excluding hydrogens is 202 g/mol. The lowest BCUT2D eigenvalue weighted by Gasteiger charge is -2.22. The first kappa shape index (κ1) is 12.2. The van der Waals surface area contributed by atoms with Gasteiger partial charge in [-0.15, -0.1) is 0 Å². The highest BCUT2D eigenvalue weighted by atomic mass is 15.2. The van der Waals surface area contributed by atoms with Crippen LogP contribution in [0, 0.1) is 17.2 Å². The van der Waals surface area contributed by atoms with Gasteiger partial charge in [-0.05, 0) is 13.3 Å². The average molecular weight is 219 g/mol. The lowest BCUT2D eigenvalue weighted by atomic mass is 10.1. The molecule has 0 bridgehead atoms. The fraction of sp³-hybridized carbons (Fsp3) is 0.545. The zero-order chi connectivity index (χ0) is 12.1. The van der Waals surface area contributed by atoms with E-state index in [9.17, 15) is 0 Å². The lowest BCUT2D eigenvalue weighted by molar-refractivity contribution is 0.706. The summed E-state index contributed by atoms with van der Waals surface area (Å²) in [6, 6.07) is 2.20. The Hall–Kier alpha value is -1.83. The van der Waals surface area contributed by atoms with E-state index in [2.05, 4.69) is 16.0 Å². The predicted molar refractivity (Wildman–Crippen MR) is 63.9 cm³/mol. The van der Waals surface area contributed by atoms with Crippen molar-refractivity contribution in [2.45, 2.75) is 20.3 Å². The van der Waals surface area contributed by atoms with Gasteiger partial charge in [0.2, 0.25) is 0 Å². The van der Waals surface area contributed by atoms with Crippen LogP contribution >= 0.6 is 0 Å². The number of nitrogen functional groups attached to an aromatic ring is 1. The summed E-state index contributed by atoms with van der Waals surface area (Å²) in [7, 11) is 1.91. The number of hydrogen-bond acceptors (Lipinski definition) is 5. The van der Waals surface area contributed by atoms with Crippen LogP contribution in [0.15, 0.2) is 6.33 Å². The van der Waals surface area contributed by atoms with E-state index in [0.29, 0.717) is 12.4 Å². The molecular formula is C11H17N5. The molecule has 86 valence electrons. The topological polar surface area (TPSA) is 78.8 Å². The predicted octanol–water partition coefficient (Wildman–Crippen LogP) is 1.22. The van der Waals surface area contributed by atoms with Gasteiger partial charge in [0, 0.05) is 19.2 Å². The molecule has 16 heavy (non-hydrogen) atoms. The molecule has 5 heteroatoms. The van der Waals surface area contributed by atoms with Crippen LogP contribution in [-0.4, -0.2) is 23.6 Å². The Kier molecular flexibility index (Phi) is 4.06. The molecule has 0 saturated carbocycles. The van der Waals surface area contributed by atoms with Crippen molar-refractivity contribution in [3.8, 4) is 6.07 Å². The SMILES string of the molecule is CCc1c(N)ncnc1N(C)CC(C)C#N. The summed E-state index contributed by atoms with van der Waals surface area (Å²) >= 11 is 0. The van der Waals surface area contributed by atoms with Gasteiger partial charge in [-0.1, -0.05) is 6.92 Å². The van der Waals surface area contributed by atoms with Crippen LogP contribution in [-0.2, 0) is 6.42 Å². The van der Waals surface area contributed by atoms with Gasteiger partial charge in [-0.25, -0.2) is 9.97 Å². The van der Waals surface area contributed by atoms with Gasteiger partial charge in [-0.2, -0.15) is 5.26 Å². The molecule has 0 saturated heterocycles. The van der Waals surface area contributed by atoms with E-state index in [0.717, 1.165) is 17.8 Å². The second kappa shape index (κ2) is 5.31. The Morgan fingerprint density at radius 1 is 1.56 bits per heavy atom. The Morgan fingerprint density at radius 3 is 2.81 bits per heavy atom. The number of hydrogen-bond donors (Lipinski definition) is 1. The number of rotatable bonds is 4. The summed E-state index contributed by atoms with van der Waals surface area (Å²) in [4.78, 5) is 10.1. The van der Waals surface area contributed by atoms with E-state index in [1.165, 1.54) is 6.33 Å². The summed E-state index contributed by atoms with van der Waals surface area (Å²) in [5.74, 6) is 1.30. The minimum absolute atomic E-state index is 0.0362. The Balaban J connectivity index is 2.95. The summed E-state index contributed by atoms with van der Waals surface area (Å²) in [5.41, 5.74) is 6.73. The molecule has 0 aliphatic carbocycles. The van der Waals surface area contributed by atoms with Crippen LogP contribution in [0.4, 0.5) is 11.6 Å². The normalized spacial score (nSPS) is 11.9. The number of nitrogens with zero attached hydrogens (tertiary/aromatic N) is 4. The maximum atomic E-state index is 8.78. The van der Waals surface area contributed by atoms with Crippen molar-refractivity contribution < 1.29 is 0 Å². The summed E-state index contributed by atoms with van der Waals surface area (Å²) < 4.78 is 0. The molecule has 0 fully saturated rings. The molecule has 1 atom stereocenters. The smallest absolute Gasteiger partial charge is 0.137 e. The van der Waals surface area contributed by atoms with Gasteiger partial charge in [0.15, 0.2) is 0 Å². The third-order valence-corrected chi connectivity index (χ3v) is 2.44. The minimum Gasteiger partial charge on any atom is -0.383 e. The van der Waals surface area contributed by atoms with Crippen LogP contribution < -0.4 is 10.6 Å². The maximum Gasteiger partial charge on any atom is 0.137 e. The molecule has 0 spiro atoms. The molecule has 0 radical (unpaired) electrons. The van der Waals surface area contributed by atoms with E-state index in [4.69, 9.17) is 11.0 Å². The highest BCUT2D eigenvalue weighted by molar-refractivity contribution is 5.56. The third-order valence-electron chi connectivity index (χ3n) is 2.44. The highest BCUT2D eigenvalue weighted by Gasteiger charge is 2.13. The van der Waals surface area contributed by atoms with Crippen molar-refractivity contribution in [2.24, 2.45) is 5.92 Å². The molecule has 0 amide bonds. The van der Waals surface area contributed by atoms with Crippen molar-refractivity contribution in [2.75, 3.05) is 24.2 Å². The van der Waals surface area contributed by atoms with Crippen LogP contribution in [0.5, 0.6) is 0 Å². The van der Waals surface area contributed by atoms with Gasteiger partial charge in [0.1, 0.15) is 18.0 Å². The van der Waals surface area contributed by atoms with Crippen molar-refractivity contribution in [3.05, 3.63) is 11.9 Å². The number of aromatic nitrogens is 2. The van der Waals surface area contributed by atoms with Gasteiger partial charge >= 0.3 is 0 Å². The van der Waals surface area contributed by atoms with Crippen LogP contribution in [0.3, 0.4) is 0 Å². The number of nitrogens with two attached hydrogens (primary N) is 1. The number of anilines is 2. The average Bonchev–Trinajstić information content (AvgIpc) is 2.28. The zero-order valence-corrected chi connectivity index (χ0v) is 9.94.